The number of rotatable bonds is 41. The van der Waals surface area contributed by atoms with Crippen molar-refractivity contribution >= 4 is 19.8 Å². The number of hydrogen-bond donors (Lipinski definition) is 1. The van der Waals surface area contributed by atoms with Crippen molar-refractivity contribution in [2.75, 3.05) is 47.5 Å². The first kappa shape index (κ1) is 59.2. The monoisotopic (exact) mass is 920 g/mol. The van der Waals surface area contributed by atoms with Gasteiger partial charge in [0.15, 0.2) is 6.10 Å². The summed E-state index contributed by atoms with van der Waals surface area (Å²) in [6.07, 6.45) is 38.6. The minimum absolute atomic E-state index is 0.0542. The molecule has 0 aliphatic heterocycles. The van der Waals surface area contributed by atoms with Gasteiger partial charge in [-0.1, -0.05) is 146 Å². The number of hydrogen-bond acceptors (Lipinski definition) is 10. The number of esters is 2. The maximum Gasteiger partial charge on any atom is 0.306 e. The zero-order chi connectivity index (χ0) is 47.3. The Morgan fingerprint density at radius 3 is 1.86 bits per heavy atom. The molecule has 1 heterocycles. The second-order valence-electron chi connectivity index (χ2n) is 18.3. The Hall–Kier alpha value is -2.79. The Labute approximate surface area is 389 Å². The Morgan fingerprint density at radius 2 is 1.23 bits per heavy atom. The molecule has 0 amide bonds. The number of quaternary nitrogens is 1. The molecule has 0 spiro atoms. The van der Waals surface area contributed by atoms with Crippen LogP contribution in [-0.4, -0.2) is 81.2 Å². The number of phosphoric ester groups is 1. The molecule has 1 aromatic rings. The Balaban J connectivity index is 2.35. The lowest BCUT2D eigenvalue weighted by molar-refractivity contribution is -0.870. The lowest BCUT2D eigenvalue weighted by Crippen LogP contribution is -2.37. The van der Waals surface area contributed by atoms with Crippen LogP contribution in [0.25, 0.3) is 0 Å². The molecule has 0 aliphatic rings. The summed E-state index contributed by atoms with van der Waals surface area (Å²) >= 11 is 0. The smallest absolute Gasteiger partial charge is 0.306 e. The van der Waals surface area contributed by atoms with E-state index in [2.05, 4.69) is 39.8 Å². The summed E-state index contributed by atoms with van der Waals surface area (Å²) < 4.78 is 40.2. The second kappa shape index (κ2) is 37.3. The topological polar surface area (TPSA) is 145 Å². The minimum atomic E-state index is -4.66. The summed E-state index contributed by atoms with van der Waals surface area (Å²) in [4.78, 5) is 37.7. The van der Waals surface area contributed by atoms with Gasteiger partial charge in [0.05, 0.1) is 33.9 Å². The van der Waals surface area contributed by atoms with Crippen molar-refractivity contribution in [3.05, 3.63) is 71.3 Å². The molecular formula is C52H90NO10P. The average Bonchev–Trinajstić information content (AvgIpc) is 3.51. The molecule has 0 aliphatic carbocycles. The van der Waals surface area contributed by atoms with Crippen molar-refractivity contribution < 1.29 is 51.6 Å². The molecule has 1 N–H and O–H groups in total. The molecule has 3 atom stereocenters. The summed E-state index contributed by atoms with van der Waals surface area (Å²) in [5.74, 6) is 1.42. The highest BCUT2D eigenvalue weighted by Crippen LogP contribution is 2.38. The zero-order valence-electron chi connectivity index (χ0n) is 41.3. The number of aliphatic hydroxyl groups is 1. The maximum absolute atomic E-state index is 12.8. The maximum atomic E-state index is 12.8. The number of nitrogens with zero attached hydrogens (tertiary/aromatic N) is 1. The third-order valence-electron chi connectivity index (χ3n) is 11.2. The fraction of sp³-hybridized carbons (Fsp3) is 0.731. The Kier molecular flexibility index (Phi) is 34.5. The van der Waals surface area contributed by atoms with E-state index in [9.17, 15) is 24.2 Å². The largest absolute Gasteiger partial charge is 0.756 e. The van der Waals surface area contributed by atoms with Crippen LogP contribution < -0.4 is 4.89 Å². The van der Waals surface area contributed by atoms with E-state index in [-0.39, 0.29) is 32.2 Å². The summed E-state index contributed by atoms with van der Waals surface area (Å²) in [6.45, 7) is 8.36. The number of carbonyl (C=O) groups excluding carboxylic acids is 2. The van der Waals surface area contributed by atoms with Gasteiger partial charge in [-0.2, -0.15) is 0 Å². The number of carbonyl (C=O) groups is 2. The van der Waals surface area contributed by atoms with E-state index in [1.165, 1.54) is 74.0 Å². The normalized spacial score (nSPS) is 14.3. The number of allylic oxidation sites excluding steroid dienone is 7. The quantitative estimate of drug-likeness (QED) is 0.0168. The highest BCUT2D eigenvalue weighted by molar-refractivity contribution is 7.45. The number of likely N-dealkylation sites (N-methyl/N-ethyl adjacent to an activating group) is 1. The van der Waals surface area contributed by atoms with Gasteiger partial charge in [-0.15, -0.1) is 0 Å². The van der Waals surface area contributed by atoms with Crippen LogP contribution in [0, 0.1) is 13.8 Å². The van der Waals surface area contributed by atoms with Gasteiger partial charge < -0.3 is 37.4 Å². The zero-order valence-corrected chi connectivity index (χ0v) is 42.2. The van der Waals surface area contributed by atoms with Crippen LogP contribution in [0.5, 0.6) is 0 Å². The van der Waals surface area contributed by atoms with Gasteiger partial charge in [0, 0.05) is 25.7 Å². The summed E-state index contributed by atoms with van der Waals surface area (Å²) in [5.41, 5.74) is 2.68. The van der Waals surface area contributed by atoms with Crippen molar-refractivity contribution in [1.29, 1.82) is 0 Å². The van der Waals surface area contributed by atoms with E-state index in [4.69, 9.17) is 22.9 Å². The standard InChI is InChI=1S/C52H90NO10P/c1-8-10-29-35-47(54)36-31-25-21-17-13-12-14-19-23-27-33-39-51(55)59-43-48(44-61-64(57,58)60-42-41-53(5,6)7)62-52(56)40-34-28-24-20-16-15-18-22-26-32-38-50-46(4)45(3)49(63-50)37-30-11-9-2/h12-13,19,21,23,25,31,36,47-48,54H,8-11,14-18,20,22,24,26-30,32-35,37-44H2,1-7H3/b13-12-,23-19-,25-21-,36-31+/t47-,48-/m1/s1. The molecular weight excluding hydrogens is 830 g/mol. The minimum Gasteiger partial charge on any atom is -0.756 e. The van der Waals surface area contributed by atoms with Crippen LogP contribution in [-0.2, 0) is 45.5 Å². The molecule has 0 radical (unpaired) electrons. The summed E-state index contributed by atoms with van der Waals surface area (Å²) in [5, 5.41) is 9.92. The lowest BCUT2D eigenvalue weighted by Gasteiger charge is -2.28. The number of aliphatic hydroxyl groups excluding tert-OH is 1. The first-order valence-corrected chi connectivity index (χ1v) is 26.3. The predicted octanol–water partition coefficient (Wildman–Crippen LogP) is 12.2. The molecule has 0 bridgehead atoms. The third kappa shape index (κ3) is 33.7. The summed E-state index contributed by atoms with van der Waals surface area (Å²) in [6, 6.07) is 0. The van der Waals surface area contributed by atoms with Crippen molar-refractivity contribution in [2.24, 2.45) is 0 Å². The van der Waals surface area contributed by atoms with Crippen LogP contribution in [0.3, 0.4) is 0 Å². The molecule has 1 rings (SSSR count). The number of furan rings is 1. The lowest BCUT2D eigenvalue weighted by atomic mass is 10.0. The van der Waals surface area contributed by atoms with Crippen LogP contribution in [0.15, 0.2) is 53.0 Å². The van der Waals surface area contributed by atoms with Gasteiger partial charge in [-0.05, 0) is 76.3 Å². The molecule has 0 saturated heterocycles. The van der Waals surface area contributed by atoms with Gasteiger partial charge in [0.25, 0.3) is 7.82 Å². The van der Waals surface area contributed by atoms with Gasteiger partial charge in [0.2, 0.25) is 0 Å². The van der Waals surface area contributed by atoms with E-state index in [0.29, 0.717) is 30.3 Å². The van der Waals surface area contributed by atoms with Gasteiger partial charge >= 0.3 is 11.9 Å². The number of unbranched alkanes of at least 4 members (excludes halogenated alkanes) is 14. The van der Waals surface area contributed by atoms with Gasteiger partial charge in [0.1, 0.15) is 31.3 Å². The Morgan fingerprint density at radius 1 is 0.688 bits per heavy atom. The van der Waals surface area contributed by atoms with E-state index < -0.39 is 32.5 Å². The second-order valence-corrected chi connectivity index (χ2v) is 19.7. The van der Waals surface area contributed by atoms with E-state index in [1.807, 2.05) is 57.6 Å². The molecule has 1 unspecified atom stereocenters. The van der Waals surface area contributed by atoms with Crippen LogP contribution in [0.1, 0.15) is 184 Å². The molecule has 0 fully saturated rings. The van der Waals surface area contributed by atoms with Crippen molar-refractivity contribution in [2.45, 2.75) is 200 Å². The van der Waals surface area contributed by atoms with Gasteiger partial charge in [-0.25, -0.2) is 0 Å². The van der Waals surface area contributed by atoms with Crippen LogP contribution >= 0.6 is 7.82 Å². The molecule has 1 aromatic heterocycles. The molecule has 11 nitrogen and oxygen atoms in total. The fourth-order valence-electron chi connectivity index (χ4n) is 6.94. The highest BCUT2D eigenvalue weighted by Gasteiger charge is 2.22. The first-order valence-electron chi connectivity index (χ1n) is 24.8. The molecule has 64 heavy (non-hydrogen) atoms. The molecule has 0 saturated carbocycles. The number of ether oxygens (including phenoxy) is 2. The SMILES string of the molecule is CCCCCc1oc(CCCCCCCCCCCCC(=O)O[C@H](COC(=O)CCC/C=C\C/C=C\C/C=C\C=C\[C@H](O)CCCCC)COP(=O)([O-])OCC[N+](C)(C)C)c(C)c1C. The number of aryl methyl sites for hydroxylation is 2. The van der Waals surface area contributed by atoms with E-state index in [0.717, 1.165) is 77.0 Å². The Bertz CT molecular complexity index is 1520. The first-order chi connectivity index (χ1) is 30.7. The van der Waals surface area contributed by atoms with E-state index in [1.54, 1.807) is 0 Å². The third-order valence-corrected chi connectivity index (χ3v) is 12.1. The van der Waals surface area contributed by atoms with Crippen LogP contribution in [0.2, 0.25) is 0 Å². The number of phosphoric acid groups is 1. The van der Waals surface area contributed by atoms with E-state index >= 15 is 0 Å². The highest BCUT2D eigenvalue weighted by atomic mass is 31.2. The molecule has 12 heteroatoms. The average molecular weight is 920 g/mol. The van der Waals surface area contributed by atoms with Crippen molar-refractivity contribution in [1.82, 2.24) is 0 Å². The van der Waals surface area contributed by atoms with Crippen LogP contribution in [0.4, 0.5) is 0 Å². The van der Waals surface area contributed by atoms with Crippen molar-refractivity contribution in [3.8, 4) is 0 Å². The van der Waals surface area contributed by atoms with Crippen molar-refractivity contribution in [3.63, 3.8) is 0 Å². The van der Waals surface area contributed by atoms with Gasteiger partial charge in [-0.3, -0.25) is 14.2 Å². The summed E-state index contributed by atoms with van der Waals surface area (Å²) in [7, 11) is 1.09. The molecule has 368 valence electrons. The predicted molar refractivity (Wildman–Crippen MR) is 259 cm³/mol. The fourth-order valence-corrected chi connectivity index (χ4v) is 7.66. The molecule has 0 aromatic carbocycles.